The van der Waals surface area contributed by atoms with Crippen LogP contribution in [0.4, 0.5) is 4.39 Å². The summed E-state index contributed by atoms with van der Waals surface area (Å²) in [5.41, 5.74) is 1.62. The lowest BCUT2D eigenvalue weighted by Gasteiger charge is -2.35. The van der Waals surface area contributed by atoms with E-state index in [1.807, 2.05) is 0 Å². The number of carbonyl (C=O) groups excluding carboxylic acids is 3. The van der Waals surface area contributed by atoms with Gasteiger partial charge >= 0.3 is 0 Å². The molecule has 3 heterocycles. The Hall–Kier alpha value is -3.82. The molecule has 0 aliphatic carbocycles. The van der Waals surface area contributed by atoms with Crippen LogP contribution in [0, 0.1) is 5.82 Å². The van der Waals surface area contributed by atoms with Gasteiger partial charge in [-0.05, 0) is 48.0 Å². The van der Waals surface area contributed by atoms with Crippen LogP contribution in [0.3, 0.4) is 0 Å². The molecule has 0 saturated carbocycles. The van der Waals surface area contributed by atoms with Gasteiger partial charge in [0.2, 0.25) is 0 Å². The third-order valence-electron chi connectivity index (χ3n) is 6.32. The first-order chi connectivity index (χ1) is 17.0. The summed E-state index contributed by atoms with van der Waals surface area (Å²) < 4.78 is 24.2. The van der Waals surface area contributed by atoms with Gasteiger partial charge in [-0.2, -0.15) is 0 Å². The number of halogens is 1. The molecule has 1 aromatic heterocycles. The fourth-order valence-electron chi connectivity index (χ4n) is 4.46. The average Bonchev–Trinajstić information content (AvgIpc) is 3.48. The largest absolute Gasteiger partial charge is 0.467 e. The molecule has 8 nitrogen and oxygen atoms in total. The van der Waals surface area contributed by atoms with Crippen molar-refractivity contribution < 1.29 is 27.9 Å². The Kier molecular flexibility index (Phi) is 6.43. The van der Waals surface area contributed by atoms with E-state index in [9.17, 15) is 18.8 Å². The first-order valence-electron chi connectivity index (χ1n) is 11.4. The summed E-state index contributed by atoms with van der Waals surface area (Å²) in [6.07, 6.45) is 1.48. The molecular formula is C26H24FN3O5. The number of fused-ring (bicyclic) bond motifs is 1. The van der Waals surface area contributed by atoms with Crippen LogP contribution < -0.4 is 5.32 Å². The third-order valence-corrected chi connectivity index (χ3v) is 6.32. The molecule has 1 saturated heterocycles. The number of ether oxygens (including phenoxy) is 1. The van der Waals surface area contributed by atoms with Crippen molar-refractivity contribution >= 4 is 17.7 Å². The van der Waals surface area contributed by atoms with Crippen LogP contribution >= 0.6 is 0 Å². The second-order valence-corrected chi connectivity index (χ2v) is 8.46. The minimum Gasteiger partial charge on any atom is -0.467 e. The zero-order valence-electron chi connectivity index (χ0n) is 18.9. The highest BCUT2D eigenvalue weighted by molar-refractivity contribution is 6.22. The molecule has 2 aliphatic rings. The van der Waals surface area contributed by atoms with Gasteiger partial charge < -0.3 is 14.5 Å². The van der Waals surface area contributed by atoms with Crippen molar-refractivity contribution in [3.63, 3.8) is 0 Å². The Bertz CT molecular complexity index is 1240. The summed E-state index contributed by atoms with van der Waals surface area (Å²) in [6.45, 7) is 2.87. The monoisotopic (exact) mass is 477 g/mol. The normalized spacial score (nSPS) is 16.9. The lowest BCUT2D eigenvalue weighted by Crippen LogP contribution is -2.43. The summed E-state index contributed by atoms with van der Waals surface area (Å²) in [7, 11) is 0. The Morgan fingerprint density at radius 2 is 1.74 bits per heavy atom. The number of rotatable bonds is 7. The predicted octanol–water partition coefficient (Wildman–Crippen LogP) is 3.02. The minimum atomic E-state index is -0.464. The Morgan fingerprint density at radius 1 is 1.00 bits per heavy atom. The lowest BCUT2D eigenvalue weighted by molar-refractivity contribution is 0.0162. The lowest BCUT2D eigenvalue weighted by atomic mass is 10.0. The van der Waals surface area contributed by atoms with Crippen molar-refractivity contribution in [2.24, 2.45) is 0 Å². The van der Waals surface area contributed by atoms with Crippen molar-refractivity contribution in [2.45, 2.75) is 12.6 Å². The maximum Gasteiger partial charge on any atom is 0.261 e. The fourth-order valence-corrected chi connectivity index (χ4v) is 4.46. The molecule has 1 unspecified atom stereocenters. The van der Waals surface area contributed by atoms with Crippen molar-refractivity contribution in [1.82, 2.24) is 15.1 Å². The van der Waals surface area contributed by atoms with Gasteiger partial charge in [0.05, 0.1) is 43.2 Å². The number of nitrogens with zero attached hydrogens (tertiary/aromatic N) is 2. The number of furan rings is 1. The molecule has 1 N–H and O–H groups in total. The second-order valence-electron chi connectivity index (χ2n) is 8.46. The van der Waals surface area contributed by atoms with Crippen molar-refractivity contribution in [1.29, 1.82) is 0 Å². The van der Waals surface area contributed by atoms with Crippen LogP contribution in [-0.2, 0) is 11.3 Å². The molecule has 0 radical (unpaired) electrons. The number of carbonyl (C=O) groups is 3. The molecule has 2 aromatic carbocycles. The highest BCUT2D eigenvalue weighted by Gasteiger charge is 2.36. The molecule has 5 rings (SSSR count). The van der Waals surface area contributed by atoms with Gasteiger partial charge in [0.25, 0.3) is 17.7 Å². The molecule has 1 fully saturated rings. The SMILES string of the molecule is O=C(NCC(c1ccc(F)cc1)N1CCOCC1)c1ccc2c(c1)C(=O)N(Cc1ccco1)C2=O. The van der Waals surface area contributed by atoms with E-state index >= 15 is 0 Å². The topological polar surface area (TPSA) is 92.1 Å². The van der Waals surface area contributed by atoms with Crippen LogP contribution in [0.1, 0.15) is 48.4 Å². The Labute approximate surface area is 201 Å². The second kappa shape index (κ2) is 9.81. The highest BCUT2D eigenvalue weighted by Crippen LogP contribution is 2.26. The van der Waals surface area contributed by atoms with E-state index in [-0.39, 0.29) is 41.0 Å². The third kappa shape index (κ3) is 4.73. The number of hydrogen-bond donors (Lipinski definition) is 1. The summed E-state index contributed by atoms with van der Waals surface area (Å²) in [6, 6.07) is 14.0. The molecule has 3 amide bonds. The van der Waals surface area contributed by atoms with E-state index in [1.54, 1.807) is 24.3 Å². The number of nitrogens with one attached hydrogen (secondary N) is 1. The summed E-state index contributed by atoms with van der Waals surface area (Å²) >= 11 is 0. The maximum absolute atomic E-state index is 13.5. The fraction of sp³-hybridized carbons (Fsp3) is 0.269. The first kappa shape index (κ1) is 22.9. The maximum atomic E-state index is 13.5. The van der Waals surface area contributed by atoms with E-state index in [0.717, 1.165) is 10.5 Å². The molecule has 0 bridgehead atoms. The number of benzene rings is 2. The van der Waals surface area contributed by atoms with E-state index in [2.05, 4.69) is 10.2 Å². The van der Waals surface area contributed by atoms with Gasteiger partial charge in [0.1, 0.15) is 11.6 Å². The van der Waals surface area contributed by atoms with Gasteiger partial charge in [-0.15, -0.1) is 0 Å². The quantitative estimate of drug-likeness (QED) is 0.526. The van der Waals surface area contributed by atoms with Crippen LogP contribution in [0.5, 0.6) is 0 Å². The molecule has 0 spiro atoms. The standard InChI is InChI=1S/C26H24FN3O5/c27-19-6-3-17(4-7-19)23(29-9-12-34-13-10-29)15-28-24(31)18-5-8-21-22(14-18)26(33)30(25(21)32)16-20-2-1-11-35-20/h1-8,11,14,23H,9-10,12-13,15-16H2,(H,28,31). The molecule has 2 aliphatic heterocycles. The van der Waals surface area contributed by atoms with Crippen LogP contribution in [0.25, 0.3) is 0 Å². The van der Waals surface area contributed by atoms with Gasteiger partial charge in [-0.3, -0.25) is 24.2 Å². The Morgan fingerprint density at radius 3 is 2.46 bits per heavy atom. The van der Waals surface area contributed by atoms with Crippen LogP contribution in [0.15, 0.2) is 65.3 Å². The minimum absolute atomic E-state index is 0.0276. The van der Waals surface area contributed by atoms with Gasteiger partial charge in [-0.1, -0.05) is 12.1 Å². The van der Waals surface area contributed by atoms with E-state index in [1.165, 1.54) is 36.6 Å². The molecule has 3 aromatic rings. The molecule has 180 valence electrons. The molecule has 9 heteroatoms. The first-order valence-corrected chi connectivity index (χ1v) is 11.4. The van der Waals surface area contributed by atoms with E-state index in [0.29, 0.717) is 38.6 Å². The van der Waals surface area contributed by atoms with Gasteiger partial charge in [0, 0.05) is 25.2 Å². The molecular weight excluding hydrogens is 453 g/mol. The molecule has 35 heavy (non-hydrogen) atoms. The van der Waals surface area contributed by atoms with E-state index < -0.39 is 11.8 Å². The van der Waals surface area contributed by atoms with Gasteiger partial charge in [-0.25, -0.2) is 4.39 Å². The average molecular weight is 477 g/mol. The predicted molar refractivity (Wildman–Crippen MR) is 123 cm³/mol. The van der Waals surface area contributed by atoms with Crippen molar-refractivity contribution in [2.75, 3.05) is 32.8 Å². The van der Waals surface area contributed by atoms with Crippen LogP contribution in [-0.4, -0.2) is 60.4 Å². The molecule has 1 atom stereocenters. The van der Waals surface area contributed by atoms with Crippen molar-refractivity contribution in [3.8, 4) is 0 Å². The number of morpholine rings is 1. The summed E-state index contributed by atoms with van der Waals surface area (Å²) in [4.78, 5) is 41.9. The highest BCUT2D eigenvalue weighted by atomic mass is 19.1. The summed E-state index contributed by atoms with van der Waals surface area (Å²) in [5.74, 6) is -1.08. The number of imide groups is 1. The Balaban J connectivity index is 1.31. The smallest absolute Gasteiger partial charge is 0.261 e. The van der Waals surface area contributed by atoms with Crippen molar-refractivity contribution in [3.05, 3.63) is 94.7 Å². The zero-order valence-corrected chi connectivity index (χ0v) is 18.9. The van der Waals surface area contributed by atoms with E-state index in [4.69, 9.17) is 9.15 Å². The zero-order chi connectivity index (χ0) is 24.4. The summed E-state index contributed by atoms with van der Waals surface area (Å²) in [5, 5.41) is 2.93. The van der Waals surface area contributed by atoms with Crippen LogP contribution in [0.2, 0.25) is 0 Å². The number of hydrogen-bond acceptors (Lipinski definition) is 6. The number of amides is 3. The van der Waals surface area contributed by atoms with Gasteiger partial charge in [0.15, 0.2) is 0 Å².